The highest BCUT2D eigenvalue weighted by molar-refractivity contribution is 14.1. The maximum Gasteiger partial charge on any atom is 0.282 e. The predicted octanol–water partition coefficient (Wildman–Crippen LogP) is 3.75. The van der Waals surface area contributed by atoms with Gasteiger partial charge in [-0.1, -0.05) is 0 Å². The lowest BCUT2D eigenvalue weighted by atomic mass is 10.2. The van der Waals surface area contributed by atoms with Crippen molar-refractivity contribution in [3.8, 4) is 0 Å². The summed E-state index contributed by atoms with van der Waals surface area (Å²) in [6.45, 7) is 2.12. The Labute approximate surface area is 119 Å². The van der Waals surface area contributed by atoms with Crippen LogP contribution in [-0.4, -0.2) is 23.0 Å². The van der Waals surface area contributed by atoms with Gasteiger partial charge in [-0.15, -0.1) is 0 Å². The maximum absolute atomic E-state index is 10.7. The number of nitrogens with one attached hydrogen (secondary N) is 1. The number of nitro benzene ring substituents is 1. The molecule has 6 heteroatoms. The van der Waals surface area contributed by atoms with Gasteiger partial charge in [0.1, 0.15) is 0 Å². The Balaban J connectivity index is 2.67. The fourth-order valence-electron chi connectivity index (χ4n) is 1.40. The normalized spacial score (nSPS) is 12.2. The molecule has 4 nitrogen and oxygen atoms in total. The van der Waals surface area contributed by atoms with Crippen molar-refractivity contribution in [2.45, 2.75) is 19.4 Å². The fraction of sp³-hybridized carbons (Fsp3) is 0.455. The molecule has 0 aliphatic carbocycles. The second-order valence-electron chi connectivity index (χ2n) is 3.75. The summed E-state index contributed by atoms with van der Waals surface area (Å²) in [6, 6.07) is 5.50. The topological polar surface area (TPSA) is 55.2 Å². The zero-order valence-electron chi connectivity index (χ0n) is 9.77. The number of nitrogens with zero attached hydrogens (tertiary/aromatic N) is 1. The third kappa shape index (κ3) is 4.71. The van der Waals surface area contributed by atoms with E-state index in [2.05, 4.69) is 18.5 Å². The lowest BCUT2D eigenvalue weighted by molar-refractivity contribution is -0.385. The average molecular weight is 366 g/mol. The van der Waals surface area contributed by atoms with E-state index in [1.54, 1.807) is 12.1 Å². The molecule has 0 aliphatic heterocycles. The van der Waals surface area contributed by atoms with Crippen LogP contribution >= 0.6 is 34.4 Å². The minimum Gasteiger partial charge on any atom is -0.383 e. The molecule has 0 heterocycles. The van der Waals surface area contributed by atoms with Crippen LogP contribution in [-0.2, 0) is 0 Å². The second-order valence-corrected chi connectivity index (χ2v) is 5.90. The molecule has 17 heavy (non-hydrogen) atoms. The van der Waals surface area contributed by atoms with Crippen LogP contribution in [0.4, 0.5) is 11.4 Å². The van der Waals surface area contributed by atoms with Crippen molar-refractivity contribution < 1.29 is 4.92 Å². The first-order valence-electron chi connectivity index (χ1n) is 5.24. The van der Waals surface area contributed by atoms with Gasteiger partial charge in [0.05, 0.1) is 8.49 Å². The Hall–Kier alpha value is -0.500. The molecule has 0 saturated heterocycles. The molecule has 0 fully saturated rings. The molecule has 0 spiro atoms. The van der Waals surface area contributed by atoms with Gasteiger partial charge in [0.2, 0.25) is 0 Å². The number of anilines is 1. The molecule has 94 valence electrons. The van der Waals surface area contributed by atoms with Crippen molar-refractivity contribution in [1.82, 2.24) is 0 Å². The monoisotopic (exact) mass is 366 g/mol. The van der Waals surface area contributed by atoms with Crippen molar-refractivity contribution in [3.63, 3.8) is 0 Å². The first-order chi connectivity index (χ1) is 8.04. The van der Waals surface area contributed by atoms with Gasteiger partial charge >= 0.3 is 0 Å². The van der Waals surface area contributed by atoms with Crippen LogP contribution < -0.4 is 5.32 Å². The number of rotatable bonds is 6. The molecule has 0 saturated carbocycles. The lowest BCUT2D eigenvalue weighted by Crippen LogP contribution is -2.15. The summed E-state index contributed by atoms with van der Waals surface area (Å²) in [5.41, 5.74) is 1.10. The molecular formula is C11H15IN2O2S. The first kappa shape index (κ1) is 14.6. The van der Waals surface area contributed by atoms with E-state index < -0.39 is 0 Å². The summed E-state index contributed by atoms with van der Waals surface area (Å²) in [5, 5.41) is 14.0. The molecular weight excluding hydrogens is 351 g/mol. The molecule has 0 aliphatic rings. The number of nitro groups is 1. The van der Waals surface area contributed by atoms with Crippen LogP contribution in [0.5, 0.6) is 0 Å². The summed E-state index contributed by atoms with van der Waals surface area (Å²) in [6.07, 6.45) is 3.16. The van der Waals surface area contributed by atoms with E-state index in [4.69, 9.17) is 0 Å². The second kappa shape index (κ2) is 7.05. The van der Waals surface area contributed by atoms with Gasteiger partial charge in [-0.2, -0.15) is 11.8 Å². The molecule has 1 atom stereocenters. The minimum absolute atomic E-state index is 0.160. The van der Waals surface area contributed by atoms with Crippen molar-refractivity contribution >= 4 is 45.7 Å². The quantitative estimate of drug-likeness (QED) is 0.473. The average Bonchev–Trinajstić information content (AvgIpc) is 2.26. The van der Waals surface area contributed by atoms with Gasteiger partial charge < -0.3 is 5.32 Å². The van der Waals surface area contributed by atoms with Crippen molar-refractivity contribution in [1.29, 1.82) is 0 Å². The Morgan fingerprint density at radius 2 is 2.29 bits per heavy atom. The predicted molar refractivity (Wildman–Crippen MR) is 81.9 cm³/mol. The van der Waals surface area contributed by atoms with Crippen molar-refractivity contribution in [3.05, 3.63) is 31.9 Å². The van der Waals surface area contributed by atoms with Gasteiger partial charge in [-0.25, -0.2) is 0 Å². The zero-order chi connectivity index (χ0) is 12.8. The largest absolute Gasteiger partial charge is 0.383 e. The van der Waals surface area contributed by atoms with Gasteiger partial charge in [0.15, 0.2) is 0 Å². The van der Waals surface area contributed by atoms with Gasteiger partial charge in [0.25, 0.3) is 5.69 Å². The van der Waals surface area contributed by atoms with Gasteiger partial charge in [-0.3, -0.25) is 10.1 Å². The Kier molecular flexibility index (Phi) is 6.04. The van der Waals surface area contributed by atoms with E-state index in [0.717, 1.165) is 17.9 Å². The number of halogens is 1. The van der Waals surface area contributed by atoms with Crippen LogP contribution in [0.25, 0.3) is 0 Å². The van der Waals surface area contributed by atoms with E-state index in [9.17, 15) is 10.1 Å². The Morgan fingerprint density at radius 3 is 2.82 bits per heavy atom. The highest BCUT2D eigenvalue weighted by Gasteiger charge is 2.12. The molecule has 1 aromatic rings. The number of thioether (sulfide) groups is 1. The SMILES string of the molecule is CSCCC(C)Nc1ccc([N+](=O)[O-])c(I)c1. The van der Waals surface area contributed by atoms with Gasteiger partial charge in [-0.05, 0) is 60.1 Å². The van der Waals surface area contributed by atoms with Crippen LogP contribution in [0.3, 0.4) is 0 Å². The summed E-state index contributed by atoms with van der Waals surface area (Å²) in [7, 11) is 0. The van der Waals surface area contributed by atoms with E-state index in [1.165, 1.54) is 0 Å². The lowest BCUT2D eigenvalue weighted by Gasteiger charge is -2.14. The molecule has 0 amide bonds. The third-order valence-electron chi connectivity index (χ3n) is 2.31. The van der Waals surface area contributed by atoms with Crippen LogP contribution in [0.2, 0.25) is 0 Å². The number of hydrogen-bond acceptors (Lipinski definition) is 4. The third-order valence-corrected chi connectivity index (χ3v) is 3.82. The molecule has 0 bridgehead atoms. The van der Waals surface area contributed by atoms with E-state index in [0.29, 0.717) is 9.61 Å². The smallest absolute Gasteiger partial charge is 0.282 e. The summed E-state index contributed by atoms with van der Waals surface area (Å²) < 4.78 is 0.662. The molecule has 0 aromatic heterocycles. The number of benzene rings is 1. The molecule has 0 radical (unpaired) electrons. The highest BCUT2D eigenvalue weighted by atomic mass is 127. The standard InChI is InChI=1S/C11H15IN2O2S/c1-8(5-6-17-2)13-9-3-4-11(14(15)16)10(12)7-9/h3-4,7-8,13H,5-6H2,1-2H3. The minimum atomic E-state index is -0.358. The zero-order valence-corrected chi connectivity index (χ0v) is 12.7. The first-order valence-corrected chi connectivity index (χ1v) is 7.71. The van der Waals surface area contributed by atoms with Crippen molar-refractivity contribution in [2.24, 2.45) is 0 Å². The molecule has 1 aromatic carbocycles. The van der Waals surface area contributed by atoms with E-state index in [1.807, 2.05) is 40.4 Å². The summed E-state index contributed by atoms with van der Waals surface area (Å²) in [4.78, 5) is 10.3. The van der Waals surface area contributed by atoms with Crippen LogP contribution in [0, 0.1) is 13.7 Å². The van der Waals surface area contributed by atoms with Crippen LogP contribution in [0.15, 0.2) is 18.2 Å². The maximum atomic E-state index is 10.7. The van der Waals surface area contributed by atoms with Crippen molar-refractivity contribution in [2.75, 3.05) is 17.3 Å². The molecule has 1 N–H and O–H groups in total. The number of hydrogen-bond donors (Lipinski definition) is 1. The van der Waals surface area contributed by atoms with Gasteiger partial charge in [0, 0.05) is 17.8 Å². The highest BCUT2D eigenvalue weighted by Crippen LogP contribution is 2.24. The van der Waals surface area contributed by atoms with E-state index in [-0.39, 0.29) is 10.6 Å². The Morgan fingerprint density at radius 1 is 1.59 bits per heavy atom. The molecule has 1 rings (SSSR count). The summed E-state index contributed by atoms with van der Waals surface area (Å²) >= 11 is 3.81. The van der Waals surface area contributed by atoms with E-state index >= 15 is 0 Å². The van der Waals surface area contributed by atoms with Crippen LogP contribution in [0.1, 0.15) is 13.3 Å². The molecule has 1 unspecified atom stereocenters. The fourth-order valence-corrected chi connectivity index (χ4v) is 2.70. The Bertz CT molecular complexity index is 401. The summed E-state index contributed by atoms with van der Waals surface area (Å²) in [5.74, 6) is 1.11.